The van der Waals surface area contributed by atoms with Gasteiger partial charge in [0, 0.05) is 58.4 Å². The molecule has 2 heterocycles. The van der Waals surface area contributed by atoms with Crippen LogP contribution in [0.3, 0.4) is 0 Å². The number of rotatable bonds is 6. The highest BCUT2D eigenvalue weighted by molar-refractivity contribution is 7.75. The Morgan fingerprint density at radius 1 is 1.24 bits per heavy atom. The molecule has 1 atom stereocenters. The number of nitrogens with one attached hydrogen (secondary N) is 2. The molecule has 33 heavy (non-hydrogen) atoms. The monoisotopic (exact) mass is 478 g/mol. The number of amides is 1. The number of carbonyl (C=O) groups is 1. The van der Waals surface area contributed by atoms with Crippen molar-refractivity contribution in [1.29, 1.82) is 0 Å². The predicted octanol–water partition coefficient (Wildman–Crippen LogP) is 3.71. The Morgan fingerprint density at radius 2 is 2.00 bits per heavy atom. The third kappa shape index (κ3) is 4.42. The maximum absolute atomic E-state index is 14.4. The van der Waals surface area contributed by atoms with Crippen LogP contribution in [0.4, 0.5) is 0 Å². The molecule has 4 rings (SSSR count). The zero-order chi connectivity index (χ0) is 23.6. The van der Waals surface area contributed by atoms with Crippen LogP contribution in [-0.4, -0.2) is 28.0 Å². The van der Waals surface area contributed by atoms with Crippen LogP contribution < -0.4 is 15.9 Å². The number of terminal acetylenes is 1. The molecule has 0 fully saturated rings. The zero-order valence-corrected chi connectivity index (χ0v) is 19.6. The molecule has 0 saturated heterocycles. The summed E-state index contributed by atoms with van der Waals surface area (Å²) in [5.74, 6) is 2.12. The van der Waals surface area contributed by atoms with E-state index < -0.39 is 13.3 Å². The Kier molecular flexibility index (Phi) is 6.35. The topological polar surface area (TPSA) is 97.0 Å². The fourth-order valence-electron chi connectivity index (χ4n) is 3.65. The Labute approximate surface area is 196 Å². The summed E-state index contributed by atoms with van der Waals surface area (Å²) in [7, 11) is -2.40. The van der Waals surface area contributed by atoms with E-state index in [1.54, 1.807) is 42.7 Å². The maximum Gasteiger partial charge on any atom is 0.268 e. The Balaban J connectivity index is 1.88. The standard InChI is InChI=1S/C24H20ClN4O3P/c1-4-16-7-15(2)8-19(9-16)33(31,32-3)23-20-10-18(25)5-6-21(20)29-22(23)24(30)28-13-17-11-26-14-27-12-17/h1,5-12,14,29H,13H2,2-3H3,(H,28,30). The summed E-state index contributed by atoms with van der Waals surface area (Å²) in [4.78, 5) is 24.2. The second-order valence-electron chi connectivity index (χ2n) is 7.40. The molecule has 2 aromatic heterocycles. The molecule has 7 nitrogen and oxygen atoms in total. The van der Waals surface area contributed by atoms with Crippen LogP contribution in [0, 0.1) is 19.3 Å². The lowest BCUT2D eigenvalue weighted by molar-refractivity contribution is 0.0947. The highest BCUT2D eigenvalue weighted by atomic mass is 35.5. The number of fused-ring (bicyclic) bond motifs is 1. The molecule has 0 spiro atoms. The quantitative estimate of drug-likeness (QED) is 0.325. The number of hydrogen-bond acceptors (Lipinski definition) is 5. The SMILES string of the molecule is C#Cc1cc(C)cc(P(=O)(OC)c2c(C(=O)NCc3cncnc3)[nH]c3ccc(Cl)cc23)c1. The number of carbonyl (C=O) groups excluding carboxylic acids is 1. The van der Waals surface area contributed by atoms with E-state index in [4.69, 9.17) is 22.5 Å². The smallest absolute Gasteiger partial charge is 0.268 e. The minimum Gasteiger partial charge on any atom is -0.350 e. The lowest BCUT2D eigenvalue weighted by Crippen LogP contribution is -2.30. The second-order valence-corrected chi connectivity index (χ2v) is 10.3. The zero-order valence-electron chi connectivity index (χ0n) is 17.9. The number of aromatic nitrogens is 3. The molecule has 1 amide bonds. The van der Waals surface area contributed by atoms with Gasteiger partial charge in [0.1, 0.15) is 12.0 Å². The first kappa shape index (κ1) is 22.8. The summed E-state index contributed by atoms with van der Waals surface area (Å²) >= 11 is 6.25. The van der Waals surface area contributed by atoms with Crippen molar-refractivity contribution in [2.24, 2.45) is 0 Å². The molecule has 9 heteroatoms. The summed E-state index contributed by atoms with van der Waals surface area (Å²) < 4.78 is 20.1. The molecular weight excluding hydrogens is 459 g/mol. The van der Waals surface area contributed by atoms with Crippen molar-refractivity contribution in [3.05, 3.63) is 82.5 Å². The Morgan fingerprint density at radius 3 is 2.70 bits per heavy atom. The van der Waals surface area contributed by atoms with Gasteiger partial charge in [0.15, 0.2) is 0 Å². The van der Waals surface area contributed by atoms with E-state index in [9.17, 15) is 9.36 Å². The summed E-state index contributed by atoms with van der Waals surface area (Å²) in [5.41, 5.74) is 2.84. The fraction of sp³-hybridized carbons (Fsp3) is 0.125. The lowest BCUT2D eigenvalue weighted by Gasteiger charge is -2.19. The van der Waals surface area contributed by atoms with Gasteiger partial charge in [0.05, 0.1) is 5.30 Å². The fourth-order valence-corrected chi connectivity index (χ4v) is 6.11. The highest BCUT2D eigenvalue weighted by Crippen LogP contribution is 2.47. The average molecular weight is 479 g/mol. The first-order valence-electron chi connectivity index (χ1n) is 9.94. The van der Waals surface area contributed by atoms with Gasteiger partial charge in [0.2, 0.25) is 0 Å². The normalized spacial score (nSPS) is 12.8. The van der Waals surface area contributed by atoms with Crippen molar-refractivity contribution in [3.8, 4) is 12.3 Å². The molecule has 0 saturated carbocycles. The number of halogens is 1. The molecule has 0 radical (unpaired) electrons. The third-order valence-corrected chi connectivity index (χ3v) is 7.89. The minimum atomic E-state index is -3.75. The van der Waals surface area contributed by atoms with E-state index in [-0.39, 0.29) is 17.5 Å². The third-order valence-electron chi connectivity index (χ3n) is 5.15. The highest BCUT2D eigenvalue weighted by Gasteiger charge is 2.36. The molecule has 0 bridgehead atoms. The lowest BCUT2D eigenvalue weighted by atomic mass is 10.1. The molecule has 2 N–H and O–H groups in total. The van der Waals surface area contributed by atoms with E-state index in [0.29, 0.717) is 26.8 Å². The predicted molar refractivity (Wildman–Crippen MR) is 130 cm³/mol. The van der Waals surface area contributed by atoms with Gasteiger partial charge in [-0.1, -0.05) is 17.5 Å². The minimum absolute atomic E-state index is 0.123. The number of hydrogen-bond donors (Lipinski definition) is 2. The molecule has 0 aliphatic rings. The molecule has 0 aliphatic carbocycles. The van der Waals surface area contributed by atoms with E-state index >= 15 is 0 Å². The largest absolute Gasteiger partial charge is 0.350 e. The van der Waals surface area contributed by atoms with Crippen LogP contribution in [0.15, 0.2) is 55.1 Å². The molecule has 2 aromatic carbocycles. The first-order chi connectivity index (χ1) is 15.9. The van der Waals surface area contributed by atoms with Crippen LogP contribution in [0.2, 0.25) is 5.02 Å². The van der Waals surface area contributed by atoms with Crippen LogP contribution in [0.5, 0.6) is 0 Å². The van der Waals surface area contributed by atoms with E-state index in [1.165, 1.54) is 13.4 Å². The molecule has 0 aliphatic heterocycles. The number of nitrogens with zero attached hydrogens (tertiary/aromatic N) is 2. The maximum atomic E-state index is 14.4. The molecule has 1 unspecified atom stereocenters. The summed E-state index contributed by atoms with van der Waals surface area (Å²) in [5, 5.41) is 4.42. The Hall–Kier alpha value is -3.43. The van der Waals surface area contributed by atoms with Crippen molar-refractivity contribution in [1.82, 2.24) is 20.3 Å². The van der Waals surface area contributed by atoms with Crippen LogP contribution in [-0.2, 0) is 15.6 Å². The number of aryl methyl sites for hydroxylation is 1. The van der Waals surface area contributed by atoms with E-state index in [0.717, 1.165) is 11.1 Å². The van der Waals surface area contributed by atoms with Crippen LogP contribution in [0.25, 0.3) is 10.9 Å². The average Bonchev–Trinajstić information content (AvgIpc) is 3.21. The van der Waals surface area contributed by atoms with Gasteiger partial charge < -0.3 is 14.8 Å². The second kappa shape index (κ2) is 9.21. The first-order valence-corrected chi connectivity index (χ1v) is 11.9. The summed E-state index contributed by atoms with van der Waals surface area (Å²) in [6, 6.07) is 10.3. The summed E-state index contributed by atoms with van der Waals surface area (Å²) in [6.45, 7) is 2.05. The van der Waals surface area contributed by atoms with Gasteiger partial charge in [-0.2, -0.15) is 0 Å². The van der Waals surface area contributed by atoms with Gasteiger partial charge in [-0.3, -0.25) is 9.36 Å². The van der Waals surface area contributed by atoms with Crippen molar-refractivity contribution >= 4 is 46.4 Å². The van der Waals surface area contributed by atoms with Crippen molar-refractivity contribution in [2.75, 3.05) is 7.11 Å². The molecule has 4 aromatic rings. The number of aromatic amines is 1. The van der Waals surface area contributed by atoms with Crippen molar-refractivity contribution in [3.63, 3.8) is 0 Å². The van der Waals surface area contributed by atoms with Crippen LogP contribution >= 0.6 is 19.0 Å². The Bertz CT molecular complexity index is 1440. The van der Waals surface area contributed by atoms with Gasteiger partial charge in [-0.15, -0.1) is 6.42 Å². The van der Waals surface area contributed by atoms with Gasteiger partial charge in [0.25, 0.3) is 13.3 Å². The van der Waals surface area contributed by atoms with Crippen molar-refractivity contribution < 1.29 is 13.9 Å². The van der Waals surface area contributed by atoms with Gasteiger partial charge in [-0.05, 0) is 48.9 Å². The number of H-pyrrole nitrogens is 1. The molecule has 166 valence electrons. The van der Waals surface area contributed by atoms with E-state index in [1.807, 2.05) is 13.0 Å². The number of benzene rings is 2. The van der Waals surface area contributed by atoms with Crippen LogP contribution in [0.1, 0.15) is 27.2 Å². The van der Waals surface area contributed by atoms with Crippen molar-refractivity contribution in [2.45, 2.75) is 13.5 Å². The van der Waals surface area contributed by atoms with Gasteiger partial charge >= 0.3 is 0 Å². The summed E-state index contributed by atoms with van der Waals surface area (Å²) in [6.07, 6.45) is 10.2. The molecular formula is C24H20ClN4O3P. The van der Waals surface area contributed by atoms with E-state index in [2.05, 4.69) is 26.2 Å². The van der Waals surface area contributed by atoms with Gasteiger partial charge in [-0.25, -0.2) is 9.97 Å².